The molecule has 10 aromatic rings. The van der Waals surface area contributed by atoms with Crippen LogP contribution in [-0.2, 0) is 0 Å². The second-order valence-electron chi connectivity index (χ2n) is 15.1. The Kier molecular flexibility index (Phi) is 7.37. The summed E-state index contributed by atoms with van der Waals surface area (Å²) in [6.45, 7) is 0. The van der Waals surface area contributed by atoms with E-state index in [1.807, 2.05) is 11.3 Å². The number of rotatable bonds is 5. The van der Waals surface area contributed by atoms with E-state index in [1.165, 1.54) is 53.2 Å². The average molecular weight is 753 g/mol. The van der Waals surface area contributed by atoms with E-state index in [9.17, 15) is 0 Å². The van der Waals surface area contributed by atoms with Crippen molar-refractivity contribution in [2.45, 2.75) is 18.8 Å². The van der Waals surface area contributed by atoms with Crippen molar-refractivity contribution in [2.24, 2.45) is 10.9 Å². The molecule has 57 heavy (non-hydrogen) atoms. The first-order chi connectivity index (χ1) is 28.2. The Morgan fingerprint density at radius 1 is 0.632 bits per heavy atom. The number of fused-ring (bicyclic) bond motifs is 9. The van der Waals surface area contributed by atoms with Crippen LogP contribution in [0.3, 0.4) is 0 Å². The number of furan rings is 1. The number of para-hydroxylation sites is 3. The Morgan fingerprint density at radius 2 is 1.32 bits per heavy atom. The summed E-state index contributed by atoms with van der Waals surface area (Å²) in [5.41, 5.74) is 10.1. The van der Waals surface area contributed by atoms with E-state index in [0.29, 0.717) is 0 Å². The van der Waals surface area contributed by atoms with Crippen molar-refractivity contribution >= 4 is 82.3 Å². The molecule has 0 saturated carbocycles. The fourth-order valence-corrected chi connectivity index (χ4v) is 10.4. The van der Waals surface area contributed by atoms with Crippen molar-refractivity contribution in [2.75, 3.05) is 0 Å². The van der Waals surface area contributed by atoms with Crippen LogP contribution in [0.1, 0.15) is 29.9 Å². The molecule has 0 spiro atoms. The van der Waals surface area contributed by atoms with Crippen LogP contribution in [0.5, 0.6) is 0 Å². The van der Waals surface area contributed by atoms with Gasteiger partial charge in [-0.25, -0.2) is 4.99 Å². The van der Waals surface area contributed by atoms with Crippen LogP contribution >= 0.6 is 11.3 Å². The monoisotopic (exact) mass is 752 g/mol. The fourth-order valence-electron chi connectivity index (χ4n) is 9.11. The zero-order valence-electron chi connectivity index (χ0n) is 30.9. The third-order valence-corrected chi connectivity index (χ3v) is 13.0. The van der Waals surface area contributed by atoms with E-state index in [1.54, 1.807) is 0 Å². The molecule has 0 bridgehead atoms. The number of amidine groups is 1. The Bertz CT molecular complexity index is 3300. The van der Waals surface area contributed by atoms with E-state index >= 15 is 0 Å². The summed E-state index contributed by atoms with van der Waals surface area (Å²) in [4.78, 5) is 5.24. The summed E-state index contributed by atoms with van der Waals surface area (Å²) in [6.07, 6.45) is 5.21. The predicted octanol–water partition coefficient (Wildman–Crippen LogP) is 11.1. The summed E-state index contributed by atoms with van der Waals surface area (Å²) >= 11 is 1.87. The molecule has 0 radical (unpaired) electrons. The van der Waals surface area contributed by atoms with Crippen LogP contribution in [0.25, 0.3) is 81.9 Å². The molecule has 0 amide bonds. The van der Waals surface area contributed by atoms with Gasteiger partial charge in [0, 0.05) is 48.3 Å². The average Bonchev–Trinajstić information content (AvgIpc) is 3.96. The number of hydrogen-bond acceptors (Lipinski definition) is 5. The van der Waals surface area contributed by atoms with Gasteiger partial charge in [-0.05, 0) is 53.5 Å². The van der Waals surface area contributed by atoms with Crippen molar-refractivity contribution in [1.29, 1.82) is 0 Å². The van der Waals surface area contributed by atoms with Crippen LogP contribution in [0.15, 0.2) is 173 Å². The molecule has 6 heteroatoms. The molecule has 12 rings (SSSR count). The molecule has 3 aromatic heterocycles. The van der Waals surface area contributed by atoms with Crippen molar-refractivity contribution in [3.8, 4) is 16.8 Å². The van der Waals surface area contributed by atoms with Crippen LogP contribution in [0.4, 0.5) is 0 Å². The Hall–Kier alpha value is -6.73. The number of hydrogen-bond donors (Lipinski definition) is 2. The molecule has 3 unspecified atom stereocenters. The van der Waals surface area contributed by atoms with E-state index in [4.69, 9.17) is 9.41 Å². The standard InChI is InChI=1S/C51H36N4OS/c1-3-13-31(14-4-1)49-52-50(32-15-5-2-6-16-32)54-51(53-49)34-26-27-38-40-20-11-19-35(47(40)56-45(38)29-34)33-25-28-39-41-21-12-24-44(48(41)57-46(39)30-33)55-42-22-9-7-17-36(42)37-18-8-10-23-43(37)55/h1-25,27-30,34,49-50,52H,26H2,(H,53,54). The number of aromatic nitrogens is 1. The van der Waals surface area contributed by atoms with Crippen LogP contribution in [0, 0.1) is 5.92 Å². The summed E-state index contributed by atoms with van der Waals surface area (Å²) in [5.74, 6) is 1.02. The largest absolute Gasteiger partial charge is 0.456 e. The summed E-state index contributed by atoms with van der Waals surface area (Å²) in [7, 11) is 0. The third-order valence-electron chi connectivity index (χ3n) is 11.8. The van der Waals surface area contributed by atoms with Gasteiger partial charge >= 0.3 is 0 Å². The maximum Gasteiger partial charge on any atom is 0.143 e. The van der Waals surface area contributed by atoms with Crippen LogP contribution < -0.4 is 21.3 Å². The van der Waals surface area contributed by atoms with E-state index < -0.39 is 0 Å². The lowest BCUT2D eigenvalue weighted by molar-refractivity contribution is 0.400. The Morgan fingerprint density at radius 3 is 2.11 bits per heavy atom. The second-order valence-corrected chi connectivity index (χ2v) is 16.1. The zero-order valence-corrected chi connectivity index (χ0v) is 31.7. The summed E-state index contributed by atoms with van der Waals surface area (Å²) in [5, 5.41) is 14.9. The lowest BCUT2D eigenvalue weighted by Gasteiger charge is -2.34. The minimum atomic E-state index is -0.161. The minimum absolute atomic E-state index is 0.0552. The highest BCUT2D eigenvalue weighted by molar-refractivity contribution is 7.26. The number of aliphatic imine (C=N–C) groups is 1. The quantitative estimate of drug-likeness (QED) is 0.184. The molecular formula is C51H36N4OS. The SMILES string of the molecule is C1=c2oc3c(-c4ccc5c(c4)sc4c(-n6c7ccccc7c7ccccc76)cccc45)cccc3c2=CCC1C1=NC(c2ccccc2)NC(c2ccccc2)N1. The first kappa shape index (κ1) is 32.5. The number of thiophene rings is 1. The highest BCUT2D eigenvalue weighted by Gasteiger charge is 2.29. The highest BCUT2D eigenvalue weighted by atomic mass is 32.1. The van der Waals surface area contributed by atoms with Gasteiger partial charge in [-0.1, -0.05) is 146 Å². The summed E-state index contributed by atoms with van der Waals surface area (Å²) in [6, 6.07) is 58.7. The van der Waals surface area contributed by atoms with Gasteiger partial charge in [-0.15, -0.1) is 11.3 Å². The van der Waals surface area contributed by atoms with Gasteiger partial charge in [0.2, 0.25) is 0 Å². The molecule has 7 aromatic carbocycles. The molecular weight excluding hydrogens is 717 g/mol. The smallest absolute Gasteiger partial charge is 0.143 e. The number of nitrogens with zero attached hydrogens (tertiary/aromatic N) is 2. The van der Waals surface area contributed by atoms with Gasteiger partial charge < -0.3 is 14.3 Å². The molecule has 4 heterocycles. The molecule has 5 nitrogen and oxygen atoms in total. The molecule has 1 aliphatic carbocycles. The molecule has 2 N–H and O–H groups in total. The van der Waals surface area contributed by atoms with E-state index in [2.05, 4.69) is 191 Å². The van der Waals surface area contributed by atoms with Crippen LogP contribution in [0.2, 0.25) is 0 Å². The lowest BCUT2D eigenvalue weighted by Crippen LogP contribution is -2.47. The highest BCUT2D eigenvalue weighted by Crippen LogP contribution is 2.42. The first-order valence-electron chi connectivity index (χ1n) is 19.6. The lowest BCUT2D eigenvalue weighted by atomic mass is 9.96. The molecule has 0 fully saturated rings. The maximum absolute atomic E-state index is 6.86. The molecule has 3 atom stereocenters. The van der Waals surface area contributed by atoms with Gasteiger partial charge in [0.05, 0.1) is 21.4 Å². The van der Waals surface area contributed by atoms with Gasteiger partial charge in [0.1, 0.15) is 29.2 Å². The fraction of sp³-hybridized carbons (Fsp3) is 0.0784. The van der Waals surface area contributed by atoms with Gasteiger partial charge in [0.15, 0.2) is 0 Å². The van der Waals surface area contributed by atoms with Crippen molar-refractivity contribution in [3.63, 3.8) is 0 Å². The van der Waals surface area contributed by atoms with Crippen LogP contribution in [-0.4, -0.2) is 10.4 Å². The number of benzene rings is 7. The zero-order chi connectivity index (χ0) is 37.5. The predicted molar refractivity (Wildman–Crippen MR) is 237 cm³/mol. The molecule has 0 saturated heterocycles. The van der Waals surface area contributed by atoms with Gasteiger partial charge in [-0.2, -0.15) is 0 Å². The molecule has 272 valence electrons. The topological polar surface area (TPSA) is 54.5 Å². The van der Waals surface area contributed by atoms with Gasteiger partial charge in [0.25, 0.3) is 0 Å². The Balaban J connectivity index is 0.948. The van der Waals surface area contributed by atoms with Gasteiger partial charge in [-0.3, -0.25) is 5.32 Å². The molecule has 2 aliphatic rings. The Labute approximate surface area is 332 Å². The maximum atomic E-state index is 6.86. The van der Waals surface area contributed by atoms with Crippen molar-refractivity contribution < 1.29 is 4.42 Å². The number of nitrogens with one attached hydrogen (secondary N) is 2. The minimum Gasteiger partial charge on any atom is -0.456 e. The van der Waals surface area contributed by atoms with Crippen molar-refractivity contribution in [3.05, 3.63) is 186 Å². The third kappa shape index (κ3) is 5.22. The summed E-state index contributed by atoms with van der Waals surface area (Å²) < 4.78 is 11.8. The normalized spacial score (nSPS) is 18.0. The molecule has 1 aliphatic heterocycles. The first-order valence-corrected chi connectivity index (χ1v) is 20.4. The van der Waals surface area contributed by atoms with E-state index in [0.717, 1.165) is 50.6 Å². The van der Waals surface area contributed by atoms with E-state index in [-0.39, 0.29) is 18.2 Å². The van der Waals surface area contributed by atoms with Crippen molar-refractivity contribution in [1.82, 2.24) is 15.2 Å². The second kappa shape index (κ2) is 12.9.